The van der Waals surface area contributed by atoms with Gasteiger partial charge in [-0.25, -0.2) is 10.5 Å². The molecule has 2 rings (SSSR count). The number of hydroxylamine groups is 1. The fraction of sp³-hybridized carbons (Fsp3) is 0.429. The largest absolute Gasteiger partial charge is 0.359 e. The summed E-state index contributed by atoms with van der Waals surface area (Å²) in [5, 5.41) is 11.6. The molecule has 0 fully saturated rings. The molecule has 6 nitrogen and oxygen atoms in total. The van der Waals surface area contributed by atoms with Crippen molar-refractivity contribution < 1.29 is 10.0 Å². The van der Waals surface area contributed by atoms with Crippen LogP contribution in [0.15, 0.2) is 16.7 Å². The van der Waals surface area contributed by atoms with Crippen LogP contribution in [0.3, 0.4) is 0 Å². The molecular weight excluding hydrogens is 336 g/mol. The highest BCUT2D eigenvalue weighted by Gasteiger charge is 2.15. The molecule has 0 bridgehead atoms. The molecule has 3 N–H and O–H groups in total. The van der Waals surface area contributed by atoms with Gasteiger partial charge >= 0.3 is 0 Å². The van der Waals surface area contributed by atoms with Gasteiger partial charge in [0, 0.05) is 6.20 Å². The number of fused-ring (bicyclic) bond motifs is 1. The smallest absolute Gasteiger partial charge is 0.262 e. The van der Waals surface area contributed by atoms with E-state index in [9.17, 15) is 4.79 Å². The maximum atomic E-state index is 11.2. The van der Waals surface area contributed by atoms with E-state index in [-0.39, 0.29) is 6.54 Å². The molecule has 0 unspecified atom stereocenters. The summed E-state index contributed by atoms with van der Waals surface area (Å²) in [6.07, 6.45) is 5.03. The van der Waals surface area contributed by atoms with E-state index in [1.54, 1.807) is 5.48 Å². The van der Waals surface area contributed by atoms with Crippen molar-refractivity contribution in [2.75, 3.05) is 11.9 Å². The number of aryl methyl sites for hydroxylation is 2. The maximum absolute atomic E-state index is 11.2. The molecular formula is C14H19BrN4O2. The minimum atomic E-state index is -0.497. The van der Waals surface area contributed by atoms with Crippen molar-refractivity contribution in [2.45, 2.75) is 33.1 Å². The molecule has 0 atom stereocenters. The molecule has 0 saturated heterocycles. The lowest BCUT2D eigenvalue weighted by atomic mass is 10.2. The lowest BCUT2D eigenvalue weighted by Crippen LogP contribution is -2.27. The zero-order chi connectivity index (χ0) is 15.4. The lowest BCUT2D eigenvalue weighted by Gasteiger charge is -2.07. The Labute approximate surface area is 131 Å². The Hall–Kier alpha value is -1.60. The summed E-state index contributed by atoms with van der Waals surface area (Å²) < 4.78 is 2.97. The number of anilines is 1. The van der Waals surface area contributed by atoms with E-state index in [1.165, 1.54) is 0 Å². The normalized spacial score (nSPS) is 10.9. The molecule has 2 aromatic rings. The summed E-state index contributed by atoms with van der Waals surface area (Å²) in [5.74, 6) is 0.182. The van der Waals surface area contributed by atoms with Gasteiger partial charge in [-0.3, -0.25) is 10.0 Å². The zero-order valence-electron chi connectivity index (χ0n) is 12.1. The molecule has 0 aromatic carbocycles. The van der Waals surface area contributed by atoms with Gasteiger partial charge in [0.2, 0.25) is 0 Å². The Morgan fingerprint density at radius 1 is 1.52 bits per heavy atom. The van der Waals surface area contributed by atoms with E-state index >= 15 is 0 Å². The summed E-state index contributed by atoms with van der Waals surface area (Å²) in [7, 11) is 0. The van der Waals surface area contributed by atoms with Crippen LogP contribution < -0.4 is 10.8 Å². The maximum Gasteiger partial charge on any atom is 0.262 e. The van der Waals surface area contributed by atoms with Crippen molar-refractivity contribution in [3.05, 3.63) is 28.0 Å². The molecule has 2 heterocycles. The van der Waals surface area contributed by atoms with Gasteiger partial charge in [0.15, 0.2) is 5.65 Å². The number of nitrogens with zero attached hydrogens (tertiary/aromatic N) is 2. The van der Waals surface area contributed by atoms with E-state index < -0.39 is 5.91 Å². The zero-order valence-corrected chi connectivity index (χ0v) is 13.7. The summed E-state index contributed by atoms with van der Waals surface area (Å²) >= 11 is 3.53. The highest BCUT2D eigenvalue weighted by molar-refractivity contribution is 9.10. The second kappa shape index (κ2) is 6.91. The van der Waals surface area contributed by atoms with Crippen LogP contribution in [0.2, 0.25) is 0 Å². The van der Waals surface area contributed by atoms with Gasteiger partial charge in [0.25, 0.3) is 5.91 Å². The number of hydrogen-bond acceptors (Lipinski definition) is 4. The topological polar surface area (TPSA) is 78.7 Å². The monoisotopic (exact) mass is 354 g/mol. The van der Waals surface area contributed by atoms with Crippen molar-refractivity contribution in [1.82, 2.24) is 14.9 Å². The average Bonchev–Trinajstić information content (AvgIpc) is 2.80. The number of aromatic nitrogens is 2. The predicted molar refractivity (Wildman–Crippen MR) is 84.7 cm³/mol. The fourth-order valence-electron chi connectivity index (χ4n) is 2.21. The van der Waals surface area contributed by atoms with Crippen molar-refractivity contribution >= 4 is 33.3 Å². The number of unbranched alkanes of at least 4 members (excludes halogenated alkanes) is 1. The molecule has 21 heavy (non-hydrogen) atoms. The van der Waals surface area contributed by atoms with Crippen molar-refractivity contribution in [3.8, 4) is 0 Å². The molecule has 0 aliphatic rings. The van der Waals surface area contributed by atoms with E-state index in [4.69, 9.17) is 5.21 Å². The number of halogens is 1. The van der Waals surface area contributed by atoms with Crippen LogP contribution in [-0.2, 0) is 11.2 Å². The quantitative estimate of drug-likeness (QED) is 0.550. The molecule has 0 saturated carbocycles. The van der Waals surface area contributed by atoms with Crippen molar-refractivity contribution in [2.24, 2.45) is 0 Å². The Bertz CT molecular complexity index is 654. The number of amides is 1. The van der Waals surface area contributed by atoms with Crippen LogP contribution in [0.1, 0.15) is 31.0 Å². The van der Waals surface area contributed by atoms with Crippen LogP contribution in [0.25, 0.3) is 5.65 Å². The summed E-state index contributed by atoms with van der Waals surface area (Å²) in [6, 6.07) is 2.01. The third-order valence-corrected chi connectivity index (χ3v) is 3.80. The van der Waals surface area contributed by atoms with Gasteiger partial charge in [-0.15, -0.1) is 0 Å². The van der Waals surface area contributed by atoms with E-state index in [0.29, 0.717) is 5.82 Å². The summed E-state index contributed by atoms with van der Waals surface area (Å²) in [6.45, 7) is 4.15. The molecule has 114 valence electrons. The first kappa shape index (κ1) is 15.8. The summed E-state index contributed by atoms with van der Waals surface area (Å²) in [4.78, 5) is 15.7. The Kier molecular flexibility index (Phi) is 5.19. The van der Waals surface area contributed by atoms with Crippen LogP contribution in [-0.4, -0.2) is 27.0 Å². The molecule has 0 aliphatic carbocycles. The SMILES string of the molecule is CCCCc1c(NCC(=O)NO)nc2c(Br)cc(C)cn12. The summed E-state index contributed by atoms with van der Waals surface area (Å²) in [5.41, 5.74) is 4.60. The van der Waals surface area contributed by atoms with Crippen LogP contribution in [0, 0.1) is 6.92 Å². The highest BCUT2D eigenvalue weighted by Crippen LogP contribution is 2.26. The number of carbonyl (C=O) groups excluding carboxylic acids is 1. The van der Waals surface area contributed by atoms with Gasteiger partial charge in [-0.2, -0.15) is 0 Å². The second-order valence-corrected chi connectivity index (χ2v) is 5.81. The van der Waals surface area contributed by atoms with Crippen LogP contribution in [0.4, 0.5) is 5.82 Å². The van der Waals surface area contributed by atoms with Gasteiger partial charge in [-0.05, 0) is 47.3 Å². The van der Waals surface area contributed by atoms with Crippen LogP contribution >= 0.6 is 15.9 Å². The minimum absolute atomic E-state index is 0.0177. The third-order valence-electron chi connectivity index (χ3n) is 3.22. The van der Waals surface area contributed by atoms with Crippen molar-refractivity contribution in [1.29, 1.82) is 0 Å². The highest BCUT2D eigenvalue weighted by atomic mass is 79.9. The molecule has 0 spiro atoms. The number of pyridine rings is 1. The van der Waals surface area contributed by atoms with E-state index in [2.05, 4.69) is 33.2 Å². The van der Waals surface area contributed by atoms with Crippen molar-refractivity contribution in [3.63, 3.8) is 0 Å². The second-order valence-electron chi connectivity index (χ2n) is 4.96. The predicted octanol–water partition coefficient (Wildman–Crippen LogP) is 2.67. The fourth-order valence-corrected chi connectivity index (χ4v) is 2.85. The first-order chi connectivity index (χ1) is 10.1. The third kappa shape index (κ3) is 3.54. The average molecular weight is 355 g/mol. The first-order valence-corrected chi connectivity index (χ1v) is 7.70. The lowest BCUT2D eigenvalue weighted by molar-refractivity contribution is -0.127. The standard InChI is InChI=1S/C14H19BrN4O2/c1-3-4-5-11-13(16-7-12(20)18-21)17-14-10(15)6-9(2)8-19(11)14/h6,8,16,21H,3-5,7H2,1-2H3,(H,18,20). The molecule has 2 aromatic heterocycles. The van der Waals surface area contributed by atoms with Gasteiger partial charge in [0.05, 0.1) is 16.7 Å². The van der Waals surface area contributed by atoms with Gasteiger partial charge in [-0.1, -0.05) is 13.3 Å². The number of rotatable bonds is 6. The van der Waals surface area contributed by atoms with Gasteiger partial charge < -0.3 is 9.72 Å². The van der Waals surface area contributed by atoms with E-state index in [0.717, 1.165) is 40.6 Å². The molecule has 1 amide bonds. The Morgan fingerprint density at radius 2 is 2.29 bits per heavy atom. The number of imidazole rings is 1. The Balaban J connectivity index is 2.42. The van der Waals surface area contributed by atoms with Crippen LogP contribution in [0.5, 0.6) is 0 Å². The number of carbonyl (C=O) groups is 1. The number of hydrogen-bond donors (Lipinski definition) is 3. The minimum Gasteiger partial charge on any atom is -0.359 e. The number of nitrogens with one attached hydrogen (secondary N) is 2. The Morgan fingerprint density at radius 3 is 2.95 bits per heavy atom. The molecule has 0 radical (unpaired) electrons. The van der Waals surface area contributed by atoms with E-state index in [1.807, 2.05) is 23.6 Å². The van der Waals surface area contributed by atoms with Gasteiger partial charge in [0.1, 0.15) is 5.82 Å². The molecule has 0 aliphatic heterocycles. The first-order valence-electron chi connectivity index (χ1n) is 6.90. The molecule has 7 heteroatoms.